The zero-order valence-electron chi connectivity index (χ0n) is 17.4. The quantitative estimate of drug-likeness (QED) is 0.530. The summed E-state index contributed by atoms with van der Waals surface area (Å²) in [7, 11) is 0. The third-order valence-electron chi connectivity index (χ3n) is 6.65. The van der Waals surface area contributed by atoms with Crippen molar-refractivity contribution in [2.75, 3.05) is 18.4 Å². The Bertz CT molecular complexity index is 1280. The van der Waals surface area contributed by atoms with Crippen molar-refractivity contribution in [1.29, 1.82) is 0 Å². The fourth-order valence-electron chi connectivity index (χ4n) is 4.98. The number of pyridine rings is 1. The normalized spacial score (nSPS) is 23.4. The van der Waals surface area contributed by atoms with Crippen LogP contribution in [0.1, 0.15) is 32.6 Å². The summed E-state index contributed by atoms with van der Waals surface area (Å²) in [5, 5.41) is 8.57. The van der Waals surface area contributed by atoms with Crippen LogP contribution in [-0.4, -0.2) is 59.5 Å². The Labute approximate surface area is 178 Å². The van der Waals surface area contributed by atoms with E-state index in [2.05, 4.69) is 37.3 Å². The molecule has 2 fully saturated rings. The van der Waals surface area contributed by atoms with Gasteiger partial charge < -0.3 is 15.2 Å². The van der Waals surface area contributed by atoms with Gasteiger partial charge in [0.25, 0.3) is 0 Å². The van der Waals surface area contributed by atoms with E-state index in [1.54, 1.807) is 10.8 Å². The molecule has 6 rings (SSSR count). The predicted octanol–water partition coefficient (Wildman–Crippen LogP) is 2.87. The number of nitrogens with one attached hydrogen (secondary N) is 2. The molecule has 0 radical (unpaired) electrons. The molecule has 2 N–H and O–H groups in total. The molecule has 0 aromatic carbocycles. The minimum absolute atomic E-state index is 0.221. The van der Waals surface area contributed by atoms with Crippen molar-refractivity contribution in [3.05, 3.63) is 37.1 Å². The van der Waals surface area contributed by atoms with Crippen molar-refractivity contribution in [3.8, 4) is 11.1 Å². The lowest BCUT2D eigenvalue weighted by Crippen LogP contribution is -2.53. The van der Waals surface area contributed by atoms with Gasteiger partial charge in [-0.3, -0.25) is 4.79 Å². The van der Waals surface area contributed by atoms with E-state index in [1.165, 1.54) is 0 Å². The van der Waals surface area contributed by atoms with Crippen LogP contribution in [0.5, 0.6) is 0 Å². The van der Waals surface area contributed by atoms with Gasteiger partial charge in [0.2, 0.25) is 11.9 Å². The number of nitrogens with zero attached hydrogens (tertiary/aromatic N) is 6. The van der Waals surface area contributed by atoms with Crippen molar-refractivity contribution in [3.63, 3.8) is 0 Å². The molecule has 158 valence electrons. The van der Waals surface area contributed by atoms with Crippen LogP contribution in [-0.2, 0) is 4.79 Å². The van der Waals surface area contributed by atoms with Crippen molar-refractivity contribution >= 4 is 28.5 Å². The van der Waals surface area contributed by atoms with Gasteiger partial charge in [0, 0.05) is 54.2 Å². The van der Waals surface area contributed by atoms with Crippen LogP contribution < -0.4 is 5.32 Å². The summed E-state index contributed by atoms with van der Waals surface area (Å²) in [6.07, 6.45) is 11.2. The van der Waals surface area contributed by atoms with E-state index in [-0.39, 0.29) is 11.5 Å². The van der Waals surface area contributed by atoms with Crippen LogP contribution in [0, 0.1) is 5.41 Å². The van der Waals surface area contributed by atoms with E-state index >= 15 is 0 Å². The van der Waals surface area contributed by atoms with Gasteiger partial charge in [-0.2, -0.15) is 10.1 Å². The second-order valence-electron chi connectivity index (χ2n) is 8.95. The lowest BCUT2D eigenvalue weighted by molar-refractivity contribution is -0.145. The highest BCUT2D eigenvalue weighted by Gasteiger charge is 2.48. The Kier molecular flexibility index (Phi) is 3.99. The summed E-state index contributed by atoms with van der Waals surface area (Å²) in [5.74, 6) is 0.895. The van der Waals surface area contributed by atoms with Gasteiger partial charge in [0.1, 0.15) is 12.0 Å². The molecule has 9 nitrogen and oxygen atoms in total. The molecule has 9 heteroatoms. The minimum Gasteiger partial charge on any atom is -0.351 e. The van der Waals surface area contributed by atoms with E-state index in [1.807, 2.05) is 35.6 Å². The van der Waals surface area contributed by atoms with Gasteiger partial charge in [-0.25, -0.2) is 14.5 Å². The number of aromatic amines is 1. The number of rotatable bonds is 4. The van der Waals surface area contributed by atoms with Crippen LogP contribution in [0.3, 0.4) is 0 Å². The van der Waals surface area contributed by atoms with E-state index < -0.39 is 0 Å². The number of hydrogen-bond donors (Lipinski definition) is 2. The van der Waals surface area contributed by atoms with Crippen molar-refractivity contribution in [2.45, 2.75) is 38.6 Å². The van der Waals surface area contributed by atoms with Gasteiger partial charge >= 0.3 is 0 Å². The molecule has 4 aromatic rings. The largest absolute Gasteiger partial charge is 0.351 e. The summed E-state index contributed by atoms with van der Waals surface area (Å²) in [4.78, 5) is 31.4. The first-order chi connectivity index (χ1) is 15.1. The van der Waals surface area contributed by atoms with Crippen LogP contribution in [0.25, 0.3) is 27.8 Å². The van der Waals surface area contributed by atoms with Crippen LogP contribution in [0.4, 0.5) is 5.95 Å². The second kappa shape index (κ2) is 6.76. The standard InChI is InChI=1S/C22H24N8O/c1-22(20(31)29-6-2-3-7-29)8-15(9-22)27-21-24-11-17-16(10-23-19(17)28-21)14-4-5-18-25-13-26-30(18)12-14/h4-5,10-13,15H,2-3,6-9H2,1H3,(H2,23,24,27,28)/t15-,22-. The lowest BCUT2D eigenvalue weighted by atomic mass is 9.66. The Balaban J connectivity index is 1.18. The molecule has 31 heavy (non-hydrogen) atoms. The number of carbonyl (C=O) groups is 1. The van der Waals surface area contributed by atoms with Crippen LogP contribution >= 0.6 is 0 Å². The summed E-state index contributed by atoms with van der Waals surface area (Å²) in [6, 6.07) is 4.18. The molecule has 5 heterocycles. The first kappa shape index (κ1) is 18.3. The summed E-state index contributed by atoms with van der Waals surface area (Å²) < 4.78 is 1.75. The predicted molar refractivity (Wildman–Crippen MR) is 116 cm³/mol. The first-order valence-electron chi connectivity index (χ1n) is 10.8. The summed E-state index contributed by atoms with van der Waals surface area (Å²) in [5.41, 5.74) is 3.37. The Morgan fingerprint density at radius 2 is 2.06 bits per heavy atom. The van der Waals surface area contributed by atoms with Crippen LogP contribution in [0.2, 0.25) is 0 Å². The number of amides is 1. The fourth-order valence-corrected chi connectivity index (χ4v) is 4.98. The maximum absolute atomic E-state index is 12.8. The van der Waals surface area contributed by atoms with E-state index in [0.29, 0.717) is 11.9 Å². The SMILES string of the molecule is C[C@]1(C(=O)N2CCCC2)C[C@H](Nc2ncc3c(-c4ccc5ncnn5c4)c[nH]c3n2)C1. The average molecular weight is 416 g/mol. The topological polar surface area (TPSA) is 104 Å². The third-order valence-corrected chi connectivity index (χ3v) is 6.65. The third kappa shape index (κ3) is 3.03. The van der Waals surface area contributed by atoms with Gasteiger partial charge in [-0.15, -0.1) is 0 Å². The molecule has 0 unspecified atom stereocenters. The minimum atomic E-state index is -0.258. The average Bonchev–Trinajstić information content (AvgIpc) is 3.51. The monoisotopic (exact) mass is 416 g/mol. The van der Waals surface area contributed by atoms with Gasteiger partial charge in [-0.1, -0.05) is 6.92 Å². The van der Waals surface area contributed by atoms with Gasteiger partial charge in [-0.05, 0) is 37.8 Å². The highest BCUT2D eigenvalue weighted by atomic mass is 16.2. The first-order valence-corrected chi connectivity index (χ1v) is 10.8. The van der Waals surface area contributed by atoms with E-state index in [0.717, 1.165) is 66.6 Å². The summed E-state index contributed by atoms with van der Waals surface area (Å²) in [6.45, 7) is 3.90. The van der Waals surface area contributed by atoms with E-state index in [9.17, 15) is 4.79 Å². The maximum Gasteiger partial charge on any atom is 0.228 e. The van der Waals surface area contributed by atoms with Crippen LogP contribution in [0.15, 0.2) is 37.1 Å². The number of likely N-dealkylation sites (tertiary alicyclic amines) is 1. The van der Waals surface area contributed by atoms with E-state index in [4.69, 9.17) is 0 Å². The molecule has 1 aliphatic heterocycles. The fraction of sp³-hybridized carbons (Fsp3) is 0.409. The molecule has 4 aromatic heterocycles. The highest BCUT2D eigenvalue weighted by molar-refractivity contribution is 5.93. The molecule has 0 bridgehead atoms. The maximum atomic E-state index is 12.8. The summed E-state index contributed by atoms with van der Waals surface area (Å²) >= 11 is 0. The van der Waals surface area contributed by atoms with Gasteiger partial charge in [0.05, 0.1) is 5.41 Å². The number of anilines is 1. The molecular weight excluding hydrogens is 392 g/mol. The second-order valence-corrected chi connectivity index (χ2v) is 8.95. The Morgan fingerprint density at radius 1 is 1.23 bits per heavy atom. The van der Waals surface area contributed by atoms with Crippen molar-refractivity contribution in [1.82, 2.24) is 34.4 Å². The molecule has 1 amide bonds. The molecule has 0 atom stereocenters. The molecule has 1 saturated heterocycles. The number of H-pyrrole nitrogens is 1. The number of hydrogen-bond acceptors (Lipinski definition) is 6. The lowest BCUT2D eigenvalue weighted by Gasteiger charge is -2.45. The highest BCUT2D eigenvalue weighted by Crippen LogP contribution is 2.44. The smallest absolute Gasteiger partial charge is 0.228 e. The zero-order chi connectivity index (χ0) is 21.0. The molecule has 0 spiro atoms. The Hall–Kier alpha value is -3.49. The molecule has 1 aliphatic carbocycles. The van der Waals surface area contributed by atoms with Crippen molar-refractivity contribution in [2.24, 2.45) is 5.41 Å². The molecule has 1 saturated carbocycles. The van der Waals surface area contributed by atoms with Crippen molar-refractivity contribution < 1.29 is 4.79 Å². The zero-order valence-corrected chi connectivity index (χ0v) is 17.4. The molecular formula is C22H24N8O. The number of aromatic nitrogens is 6. The number of carbonyl (C=O) groups excluding carboxylic acids is 1. The number of fused-ring (bicyclic) bond motifs is 2. The molecule has 2 aliphatic rings. The Morgan fingerprint density at radius 3 is 2.90 bits per heavy atom. The van der Waals surface area contributed by atoms with Gasteiger partial charge in [0.15, 0.2) is 5.65 Å².